The highest BCUT2D eigenvalue weighted by Gasteiger charge is 2.34. The van der Waals surface area contributed by atoms with Crippen LogP contribution in [-0.2, 0) is 14.4 Å². The number of halogens is 4. The van der Waals surface area contributed by atoms with Gasteiger partial charge in [0.1, 0.15) is 13.7 Å². The van der Waals surface area contributed by atoms with Gasteiger partial charge in [0.05, 0.1) is 28.9 Å². The van der Waals surface area contributed by atoms with Crippen LogP contribution in [0, 0.1) is 0 Å². The lowest BCUT2D eigenvalue weighted by Gasteiger charge is -2.43. The molecule has 2 saturated heterocycles. The Morgan fingerprint density at radius 3 is 2.34 bits per heavy atom. The Kier molecular flexibility index (Phi) is 13.9. The van der Waals surface area contributed by atoms with Crippen molar-refractivity contribution in [3.63, 3.8) is 0 Å². The molecule has 10 nitrogen and oxygen atoms in total. The number of hydrogen-bond donors (Lipinski definition) is 0. The second-order valence-electron chi connectivity index (χ2n) is 11.7. The number of benzene rings is 2. The highest BCUT2D eigenvalue weighted by Crippen LogP contribution is 2.31. The number of carbonyl (C=O) groups is 3. The van der Waals surface area contributed by atoms with Gasteiger partial charge >= 0.3 is 12.0 Å². The summed E-state index contributed by atoms with van der Waals surface area (Å²) in [6.07, 6.45) is 3.15. The molecule has 0 radical (unpaired) electrons. The third kappa shape index (κ3) is 10.1. The zero-order valence-corrected chi connectivity index (χ0v) is 29.9. The summed E-state index contributed by atoms with van der Waals surface area (Å²) in [6.45, 7) is 5.82. The summed E-state index contributed by atoms with van der Waals surface area (Å²) in [4.78, 5) is 51.3. The molecule has 0 N–H and O–H groups in total. The normalized spacial score (nSPS) is 17.1. The van der Waals surface area contributed by atoms with Gasteiger partial charge in [0, 0.05) is 60.8 Å². The fraction of sp³-hybridized carbons (Fsp3) is 0.515. The highest BCUT2D eigenvalue weighted by molar-refractivity contribution is 6.42. The molecule has 2 aliphatic heterocycles. The van der Waals surface area contributed by atoms with Crippen LogP contribution in [0.15, 0.2) is 41.6 Å². The molecule has 2 aliphatic rings. The van der Waals surface area contributed by atoms with Gasteiger partial charge < -0.3 is 29.2 Å². The molecule has 1 unspecified atom stereocenters. The molecule has 0 saturated carbocycles. The van der Waals surface area contributed by atoms with E-state index < -0.39 is 0 Å². The van der Waals surface area contributed by atoms with Gasteiger partial charge in [-0.15, -0.1) is 0 Å². The SMILES string of the molecule is CCOC(=O)CN1CCCN(C2CCN(CCC(/C(CN(C)C(=O)c3cc(Cl)cc(Cl)c3)=N/OC)c3ccc(Cl)c(Cl)c3)CC2)C1=O. The average molecular weight is 730 g/mol. The Hall–Kier alpha value is -2.76. The van der Waals surface area contributed by atoms with E-state index >= 15 is 0 Å². The van der Waals surface area contributed by atoms with Crippen molar-refractivity contribution in [2.75, 3.05) is 66.6 Å². The Morgan fingerprint density at radius 1 is 1.00 bits per heavy atom. The molecule has 0 bridgehead atoms. The molecule has 3 amide bonds. The van der Waals surface area contributed by atoms with E-state index in [9.17, 15) is 14.4 Å². The first-order valence-electron chi connectivity index (χ1n) is 15.7. The second kappa shape index (κ2) is 17.6. The van der Waals surface area contributed by atoms with Crippen LogP contribution in [0.25, 0.3) is 0 Å². The molecule has 0 spiro atoms. The van der Waals surface area contributed by atoms with Gasteiger partial charge in [-0.3, -0.25) is 9.59 Å². The maximum absolute atomic E-state index is 13.4. The summed E-state index contributed by atoms with van der Waals surface area (Å²) in [7, 11) is 3.17. The Bertz CT molecular complexity index is 1430. The van der Waals surface area contributed by atoms with Crippen LogP contribution >= 0.6 is 46.4 Å². The van der Waals surface area contributed by atoms with E-state index in [4.69, 9.17) is 56.0 Å². The lowest BCUT2D eigenvalue weighted by molar-refractivity contribution is -0.144. The largest absolute Gasteiger partial charge is 0.465 e. The molecular weight excluding hydrogens is 688 g/mol. The van der Waals surface area contributed by atoms with Crippen molar-refractivity contribution in [1.82, 2.24) is 19.6 Å². The van der Waals surface area contributed by atoms with Crippen molar-refractivity contribution in [2.45, 2.75) is 44.6 Å². The molecule has 2 fully saturated rings. The van der Waals surface area contributed by atoms with Gasteiger partial charge in [0.2, 0.25) is 0 Å². The second-order valence-corrected chi connectivity index (χ2v) is 13.4. The molecule has 14 heteroatoms. The van der Waals surface area contributed by atoms with Gasteiger partial charge in [0.15, 0.2) is 0 Å². The van der Waals surface area contributed by atoms with Crippen LogP contribution in [0.4, 0.5) is 4.79 Å². The first kappa shape index (κ1) is 37.1. The Balaban J connectivity index is 1.43. The van der Waals surface area contributed by atoms with Gasteiger partial charge in [-0.1, -0.05) is 57.6 Å². The quantitative estimate of drug-likeness (QED) is 0.129. The number of rotatable bonds is 13. The maximum Gasteiger partial charge on any atom is 0.325 e. The molecule has 0 aliphatic carbocycles. The summed E-state index contributed by atoms with van der Waals surface area (Å²) in [5, 5.41) is 5.99. The van der Waals surface area contributed by atoms with Crippen molar-refractivity contribution >= 4 is 70.0 Å². The summed E-state index contributed by atoms with van der Waals surface area (Å²) in [5.41, 5.74) is 1.91. The lowest BCUT2D eigenvalue weighted by atomic mass is 9.89. The zero-order valence-electron chi connectivity index (χ0n) is 26.9. The van der Waals surface area contributed by atoms with Crippen LogP contribution in [0.2, 0.25) is 20.1 Å². The van der Waals surface area contributed by atoms with E-state index in [1.807, 2.05) is 17.0 Å². The molecule has 2 aromatic rings. The van der Waals surface area contributed by atoms with E-state index in [1.165, 1.54) is 7.11 Å². The number of carbonyl (C=O) groups excluding carboxylic acids is 3. The third-order valence-corrected chi connectivity index (χ3v) is 9.69. The van der Waals surface area contributed by atoms with Crippen molar-refractivity contribution in [2.24, 2.45) is 5.16 Å². The van der Waals surface area contributed by atoms with Crippen LogP contribution in [0.3, 0.4) is 0 Å². The van der Waals surface area contributed by atoms with Crippen LogP contribution in [0.1, 0.15) is 54.4 Å². The van der Waals surface area contributed by atoms with Gasteiger partial charge in [-0.2, -0.15) is 0 Å². The minimum atomic E-state index is -0.380. The summed E-state index contributed by atoms with van der Waals surface area (Å²) in [6, 6.07) is 10.2. The van der Waals surface area contributed by atoms with Crippen LogP contribution in [0.5, 0.6) is 0 Å². The minimum Gasteiger partial charge on any atom is -0.465 e. The number of amides is 3. The average Bonchev–Trinajstić information content (AvgIpc) is 3.03. The first-order chi connectivity index (χ1) is 22.5. The molecule has 2 heterocycles. The molecule has 2 aromatic carbocycles. The predicted molar refractivity (Wildman–Crippen MR) is 186 cm³/mol. The first-order valence-corrected chi connectivity index (χ1v) is 17.2. The van der Waals surface area contributed by atoms with E-state index in [-0.39, 0.29) is 43.0 Å². The smallest absolute Gasteiger partial charge is 0.325 e. The molecule has 4 rings (SSSR count). The number of nitrogens with zero attached hydrogens (tertiary/aromatic N) is 5. The van der Waals surface area contributed by atoms with Crippen LogP contribution < -0.4 is 0 Å². The van der Waals surface area contributed by atoms with Crippen molar-refractivity contribution in [1.29, 1.82) is 0 Å². The molecule has 47 heavy (non-hydrogen) atoms. The Morgan fingerprint density at radius 2 is 1.70 bits per heavy atom. The Labute approximate surface area is 296 Å². The monoisotopic (exact) mass is 727 g/mol. The third-order valence-electron chi connectivity index (χ3n) is 8.51. The molecular formula is C33H41Cl4N5O5. The highest BCUT2D eigenvalue weighted by atomic mass is 35.5. The predicted octanol–water partition coefficient (Wildman–Crippen LogP) is 6.70. The van der Waals surface area contributed by atoms with Gasteiger partial charge in [-0.25, -0.2) is 4.79 Å². The zero-order chi connectivity index (χ0) is 34.1. The molecule has 1 atom stereocenters. The molecule has 256 valence electrons. The number of esters is 1. The number of oxime groups is 1. The summed E-state index contributed by atoms with van der Waals surface area (Å²) >= 11 is 25.0. The summed E-state index contributed by atoms with van der Waals surface area (Å²) < 4.78 is 5.05. The van der Waals surface area contributed by atoms with Crippen molar-refractivity contribution in [3.8, 4) is 0 Å². The van der Waals surface area contributed by atoms with Gasteiger partial charge in [0.25, 0.3) is 5.91 Å². The van der Waals surface area contributed by atoms with Gasteiger partial charge in [-0.05, 0) is 75.0 Å². The van der Waals surface area contributed by atoms with Crippen LogP contribution in [-0.4, -0.2) is 116 Å². The number of ether oxygens (including phenoxy) is 1. The van der Waals surface area contributed by atoms with E-state index in [0.717, 1.165) is 44.5 Å². The van der Waals surface area contributed by atoms with E-state index in [2.05, 4.69) is 10.1 Å². The minimum absolute atomic E-state index is 0.0168. The summed E-state index contributed by atoms with van der Waals surface area (Å²) in [5.74, 6) is -0.878. The molecule has 0 aromatic heterocycles. The standard InChI is InChI=1S/C33H41Cl4N5O5/c1-4-47-31(43)21-41-11-5-12-42(33(41)45)26-8-13-40(14-9-26)15-10-27(22-6-7-28(36)29(37)18-22)30(38-46-3)20-39(2)32(44)23-16-24(34)19-25(35)17-23/h6-7,16-19,26-27H,4-5,8-15,20-21H2,1-3H3/b38-30+. The van der Waals surface area contributed by atoms with E-state index in [1.54, 1.807) is 48.0 Å². The fourth-order valence-electron chi connectivity index (χ4n) is 6.21. The lowest BCUT2D eigenvalue weighted by Crippen LogP contribution is -2.56. The van der Waals surface area contributed by atoms with Crippen molar-refractivity contribution in [3.05, 3.63) is 67.6 Å². The van der Waals surface area contributed by atoms with E-state index in [0.29, 0.717) is 57.5 Å². The fourth-order valence-corrected chi connectivity index (χ4v) is 7.04. The van der Waals surface area contributed by atoms with Crippen molar-refractivity contribution < 1.29 is 24.0 Å². The number of urea groups is 1. The number of hydrogen-bond acceptors (Lipinski definition) is 7. The topological polar surface area (TPSA) is 95.0 Å². The maximum atomic E-state index is 13.4. The number of piperidine rings is 1. The number of likely N-dealkylation sites (tertiary alicyclic amines) is 1.